The number of hydrogen-bond acceptors (Lipinski definition) is 2. The second-order valence-corrected chi connectivity index (χ2v) is 5.23. The molecule has 0 aliphatic heterocycles. The first kappa shape index (κ1) is 19.5. The Labute approximate surface area is 146 Å². The standard InChI is InChI=1S/C17H15F5N2O2/c18-15(19)26-14-6-4-13(5-7-14)24-16(25)23-9-8-11-2-1-3-12(10-11)17(20,21)22/h1-7,10,15H,8-9H2,(H2,23,24,25). The van der Waals surface area contributed by atoms with E-state index in [0.29, 0.717) is 11.3 Å². The average Bonchev–Trinajstić information content (AvgIpc) is 2.56. The third kappa shape index (κ3) is 6.23. The van der Waals surface area contributed by atoms with Crippen LogP contribution in [0.5, 0.6) is 5.75 Å². The molecule has 2 N–H and O–H groups in total. The summed E-state index contributed by atoms with van der Waals surface area (Å²) in [6.07, 6.45) is -4.19. The monoisotopic (exact) mass is 374 g/mol. The van der Waals surface area contributed by atoms with Crippen LogP contribution in [0.1, 0.15) is 11.1 Å². The fourth-order valence-corrected chi connectivity index (χ4v) is 2.12. The SMILES string of the molecule is O=C(NCCc1cccc(C(F)(F)F)c1)Nc1ccc(OC(F)F)cc1. The second-order valence-electron chi connectivity index (χ2n) is 5.23. The van der Waals surface area contributed by atoms with Crippen LogP contribution in [0.25, 0.3) is 0 Å². The van der Waals surface area contributed by atoms with Crippen molar-refractivity contribution in [3.05, 3.63) is 59.7 Å². The summed E-state index contributed by atoms with van der Waals surface area (Å²) in [5.41, 5.74) is 0.0439. The number of urea groups is 1. The predicted octanol–water partition coefficient (Wildman–Crippen LogP) is 4.67. The van der Waals surface area contributed by atoms with Gasteiger partial charge in [-0.3, -0.25) is 0 Å². The Balaban J connectivity index is 1.80. The number of halogens is 5. The first-order valence-electron chi connectivity index (χ1n) is 7.50. The van der Waals surface area contributed by atoms with Crippen molar-refractivity contribution in [2.75, 3.05) is 11.9 Å². The summed E-state index contributed by atoms with van der Waals surface area (Å²) in [4.78, 5) is 11.7. The van der Waals surface area contributed by atoms with Gasteiger partial charge in [0.2, 0.25) is 0 Å². The van der Waals surface area contributed by atoms with Crippen LogP contribution in [-0.2, 0) is 12.6 Å². The minimum Gasteiger partial charge on any atom is -0.435 e. The molecule has 0 atom stereocenters. The van der Waals surface area contributed by atoms with Crippen molar-refractivity contribution in [1.29, 1.82) is 0 Å². The van der Waals surface area contributed by atoms with E-state index < -0.39 is 24.4 Å². The Morgan fingerprint density at radius 1 is 1.08 bits per heavy atom. The van der Waals surface area contributed by atoms with Gasteiger partial charge in [-0.1, -0.05) is 18.2 Å². The Hall–Kier alpha value is -2.84. The van der Waals surface area contributed by atoms with Crippen molar-refractivity contribution in [3.63, 3.8) is 0 Å². The van der Waals surface area contributed by atoms with Gasteiger partial charge in [0, 0.05) is 12.2 Å². The Morgan fingerprint density at radius 2 is 1.77 bits per heavy atom. The Bertz CT molecular complexity index is 733. The van der Waals surface area contributed by atoms with Gasteiger partial charge in [-0.05, 0) is 42.3 Å². The molecule has 0 aliphatic carbocycles. The highest BCUT2D eigenvalue weighted by molar-refractivity contribution is 5.89. The van der Waals surface area contributed by atoms with Crippen LogP contribution in [-0.4, -0.2) is 19.2 Å². The molecule has 0 spiro atoms. The summed E-state index contributed by atoms with van der Waals surface area (Å²) < 4.78 is 66.1. The van der Waals surface area contributed by atoms with Crippen molar-refractivity contribution < 1.29 is 31.5 Å². The van der Waals surface area contributed by atoms with E-state index in [9.17, 15) is 26.7 Å². The highest BCUT2D eigenvalue weighted by Crippen LogP contribution is 2.29. The molecule has 26 heavy (non-hydrogen) atoms. The summed E-state index contributed by atoms with van der Waals surface area (Å²) >= 11 is 0. The zero-order valence-corrected chi connectivity index (χ0v) is 13.3. The number of benzene rings is 2. The van der Waals surface area contributed by atoms with Gasteiger partial charge < -0.3 is 15.4 Å². The number of ether oxygens (including phenoxy) is 1. The lowest BCUT2D eigenvalue weighted by Crippen LogP contribution is -2.30. The van der Waals surface area contributed by atoms with Crippen LogP contribution in [0.2, 0.25) is 0 Å². The normalized spacial score (nSPS) is 11.3. The molecular weight excluding hydrogens is 359 g/mol. The molecule has 9 heteroatoms. The summed E-state index contributed by atoms with van der Waals surface area (Å²) in [5, 5.41) is 4.97. The zero-order chi connectivity index (χ0) is 19.2. The maximum absolute atomic E-state index is 12.6. The number of carbonyl (C=O) groups is 1. The smallest absolute Gasteiger partial charge is 0.416 e. The summed E-state index contributed by atoms with van der Waals surface area (Å²) in [6, 6.07) is 9.58. The van der Waals surface area contributed by atoms with E-state index in [-0.39, 0.29) is 18.7 Å². The number of rotatable bonds is 6. The van der Waals surface area contributed by atoms with Crippen LogP contribution in [0.15, 0.2) is 48.5 Å². The number of hydrogen-bond donors (Lipinski definition) is 2. The van der Waals surface area contributed by atoms with E-state index >= 15 is 0 Å². The van der Waals surface area contributed by atoms with E-state index in [1.54, 1.807) is 0 Å². The quantitative estimate of drug-likeness (QED) is 0.722. The highest BCUT2D eigenvalue weighted by atomic mass is 19.4. The number of alkyl halides is 5. The topological polar surface area (TPSA) is 50.4 Å². The molecule has 0 unspecified atom stereocenters. The largest absolute Gasteiger partial charge is 0.435 e. The molecule has 140 valence electrons. The third-order valence-corrected chi connectivity index (χ3v) is 3.29. The van der Waals surface area contributed by atoms with Gasteiger partial charge in [0.1, 0.15) is 5.75 Å². The van der Waals surface area contributed by atoms with Crippen molar-refractivity contribution >= 4 is 11.7 Å². The molecule has 0 aliphatic rings. The fraction of sp³-hybridized carbons (Fsp3) is 0.235. The number of carbonyl (C=O) groups excluding carboxylic acids is 1. The molecule has 0 aromatic heterocycles. The Kier molecular flexibility index (Phi) is 6.37. The van der Waals surface area contributed by atoms with Crippen LogP contribution < -0.4 is 15.4 Å². The van der Waals surface area contributed by atoms with Crippen LogP contribution in [0.3, 0.4) is 0 Å². The van der Waals surface area contributed by atoms with Crippen LogP contribution in [0.4, 0.5) is 32.4 Å². The van der Waals surface area contributed by atoms with Gasteiger partial charge >= 0.3 is 18.8 Å². The van der Waals surface area contributed by atoms with Crippen LogP contribution in [0, 0.1) is 0 Å². The lowest BCUT2D eigenvalue weighted by molar-refractivity contribution is -0.137. The fourth-order valence-electron chi connectivity index (χ4n) is 2.12. The molecule has 0 saturated carbocycles. The predicted molar refractivity (Wildman–Crippen MR) is 85.2 cm³/mol. The lowest BCUT2D eigenvalue weighted by Gasteiger charge is -2.10. The lowest BCUT2D eigenvalue weighted by atomic mass is 10.1. The van der Waals surface area contributed by atoms with Gasteiger partial charge in [0.25, 0.3) is 0 Å². The highest BCUT2D eigenvalue weighted by Gasteiger charge is 2.30. The maximum Gasteiger partial charge on any atom is 0.416 e. The Morgan fingerprint density at radius 3 is 2.38 bits per heavy atom. The molecule has 0 heterocycles. The van der Waals surface area contributed by atoms with E-state index in [1.807, 2.05) is 0 Å². The maximum atomic E-state index is 12.6. The second kappa shape index (κ2) is 8.50. The molecular formula is C17H15F5N2O2. The van der Waals surface area contributed by atoms with E-state index in [4.69, 9.17) is 0 Å². The molecule has 2 amide bonds. The molecule has 0 bridgehead atoms. The average molecular weight is 374 g/mol. The summed E-state index contributed by atoms with van der Waals surface area (Å²) in [5.74, 6) is -0.0458. The molecule has 0 saturated heterocycles. The van der Waals surface area contributed by atoms with Crippen molar-refractivity contribution in [2.24, 2.45) is 0 Å². The van der Waals surface area contributed by atoms with E-state index in [1.165, 1.54) is 36.4 Å². The molecule has 2 rings (SSSR count). The van der Waals surface area contributed by atoms with Crippen molar-refractivity contribution in [3.8, 4) is 5.75 Å². The third-order valence-electron chi connectivity index (χ3n) is 3.29. The molecule has 2 aromatic carbocycles. The van der Waals surface area contributed by atoms with Gasteiger partial charge in [-0.15, -0.1) is 0 Å². The van der Waals surface area contributed by atoms with E-state index in [2.05, 4.69) is 15.4 Å². The van der Waals surface area contributed by atoms with Gasteiger partial charge in [-0.25, -0.2) is 4.79 Å². The van der Waals surface area contributed by atoms with Crippen molar-refractivity contribution in [2.45, 2.75) is 19.2 Å². The molecule has 2 aromatic rings. The van der Waals surface area contributed by atoms with Crippen molar-refractivity contribution in [1.82, 2.24) is 5.32 Å². The first-order valence-corrected chi connectivity index (χ1v) is 7.50. The van der Waals surface area contributed by atoms with E-state index in [0.717, 1.165) is 12.1 Å². The molecule has 4 nitrogen and oxygen atoms in total. The molecule has 0 radical (unpaired) electrons. The van der Waals surface area contributed by atoms with Gasteiger partial charge in [0.15, 0.2) is 0 Å². The summed E-state index contributed by atoms with van der Waals surface area (Å²) in [6.45, 7) is -2.81. The minimum atomic E-state index is -4.42. The number of amides is 2. The molecule has 0 fully saturated rings. The number of nitrogens with one attached hydrogen (secondary N) is 2. The summed E-state index contributed by atoms with van der Waals surface area (Å²) in [7, 11) is 0. The zero-order valence-electron chi connectivity index (χ0n) is 13.3. The van der Waals surface area contributed by atoms with Gasteiger partial charge in [0.05, 0.1) is 5.56 Å². The van der Waals surface area contributed by atoms with Crippen LogP contribution >= 0.6 is 0 Å². The van der Waals surface area contributed by atoms with Gasteiger partial charge in [-0.2, -0.15) is 22.0 Å². The minimum absolute atomic E-state index is 0.0458. The number of anilines is 1. The first-order chi connectivity index (χ1) is 12.2.